The number of benzene rings is 1. The molecule has 8 nitrogen and oxygen atoms in total. The summed E-state index contributed by atoms with van der Waals surface area (Å²) in [5, 5.41) is 16.9. The molecule has 1 aromatic carbocycles. The molecule has 0 spiro atoms. The normalized spacial score (nSPS) is 18.2. The third kappa shape index (κ3) is 2.68. The predicted molar refractivity (Wildman–Crippen MR) is 74.6 cm³/mol. The van der Waals surface area contributed by atoms with E-state index in [1.54, 1.807) is 0 Å². The molecule has 0 aliphatic carbocycles. The maximum Gasteiger partial charge on any atom is 0.328 e. The standard InChI is InChI=1S/C14H14N4O4/c19-13(17-6-7-22-9-12(17)14(20)21)11-8-18(16-15-11)10-4-2-1-3-5-10/h1-5,8,12H,6-7,9H2,(H,20,21). The molecule has 0 bridgehead atoms. The first-order valence-corrected chi connectivity index (χ1v) is 6.76. The van der Waals surface area contributed by atoms with Crippen molar-refractivity contribution in [2.75, 3.05) is 19.8 Å². The minimum Gasteiger partial charge on any atom is -0.480 e. The highest BCUT2D eigenvalue weighted by Crippen LogP contribution is 2.13. The van der Waals surface area contributed by atoms with Crippen LogP contribution in [-0.4, -0.2) is 62.7 Å². The van der Waals surface area contributed by atoms with Crippen LogP contribution in [0.5, 0.6) is 0 Å². The minimum absolute atomic E-state index is 0.0199. The van der Waals surface area contributed by atoms with Crippen LogP contribution in [0.25, 0.3) is 5.69 Å². The van der Waals surface area contributed by atoms with Crippen molar-refractivity contribution in [3.05, 3.63) is 42.2 Å². The number of carbonyl (C=O) groups excluding carboxylic acids is 1. The summed E-state index contributed by atoms with van der Waals surface area (Å²) >= 11 is 0. The van der Waals surface area contributed by atoms with Crippen LogP contribution in [-0.2, 0) is 9.53 Å². The highest BCUT2D eigenvalue weighted by atomic mass is 16.5. The van der Waals surface area contributed by atoms with Gasteiger partial charge in [0.05, 0.1) is 25.1 Å². The summed E-state index contributed by atoms with van der Waals surface area (Å²) in [4.78, 5) is 24.9. The van der Waals surface area contributed by atoms with Gasteiger partial charge in [-0.25, -0.2) is 9.48 Å². The number of aromatic nitrogens is 3. The second kappa shape index (κ2) is 5.94. The SMILES string of the molecule is O=C(O)C1COCCN1C(=O)c1cn(-c2ccccc2)nn1. The minimum atomic E-state index is -1.09. The van der Waals surface area contributed by atoms with E-state index in [1.165, 1.54) is 15.8 Å². The Labute approximate surface area is 125 Å². The van der Waals surface area contributed by atoms with Gasteiger partial charge in [-0.1, -0.05) is 23.4 Å². The van der Waals surface area contributed by atoms with Crippen LogP contribution in [0, 0.1) is 0 Å². The van der Waals surface area contributed by atoms with Gasteiger partial charge in [-0.05, 0) is 12.1 Å². The summed E-state index contributed by atoms with van der Waals surface area (Å²) in [6.45, 7) is 0.504. The molecule has 1 atom stereocenters. The molecule has 1 N–H and O–H groups in total. The zero-order valence-corrected chi connectivity index (χ0v) is 11.6. The fourth-order valence-electron chi connectivity index (χ4n) is 2.27. The Hall–Kier alpha value is -2.74. The monoisotopic (exact) mass is 302 g/mol. The van der Waals surface area contributed by atoms with E-state index in [-0.39, 0.29) is 18.8 Å². The second-order valence-corrected chi connectivity index (χ2v) is 4.81. The summed E-state index contributed by atoms with van der Waals surface area (Å²) in [7, 11) is 0. The fourth-order valence-corrected chi connectivity index (χ4v) is 2.27. The number of nitrogens with zero attached hydrogens (tertiary/aromatic N) is 4. The molecular formula is C14H14N4O4. The van der Waals surface area contributed by atoms with E-state index >= 15 is 0 Å². The van der Waals surface area contributed by atoms with Gasteiger partial charge in [-0.2, -0.15) is 0 Å². The van der Waals surface area contributed by atoms with Crippen molar-refractivity contribution in [2.45, 2.75) is 6.04 Å². The number of carboxylic acids is 1. The maximum atomic E-state index is 12.5. The molecule has 3 rings (SSSR count). The highest BCUT2D eigenvalue weighted by Gasteiger charge is 2.34. The van der Waals surface area contributed by atoms with E-state index in [1.807, 2.05) is 30.3 Å². The molecule has 1 aliphatic rings. The molecule has 0 saturated carbocycles. The average molecular weight is 302 g/mol. The Morgan fingerprint density at radius 3 is 2.77 bits per heavy atom. The van der Waals surface area contributed by atoms with E-state index in [0.717, 1.165) is 5.69 Å². The number of hydrogen-bond acceptors (Lipinski definition) is 5. The van der Waals surface area contributed by atoms with E-state index in [4.69, 9.17) is 4.74 Å². The second-order valence-electron chi connectivity index (χ2n) is 4.81. The third-order valence-corrected chi connectivity index (χ3v) is 3.41. The summed E-state index contributed by atoms with van der Waals surface area (Å²) < 4.78 is 6.59. The lowest BCUT2D eigenvalue weighted by atomic mass is 10.2. The number of rotatable bonds is 3. The van der Waals surface area contributed by atoms with Crippen molar-refractivity contribution in [3.63, 3.8) is 0 Å². The van der Waals surface area contributed by atoms with Gasteiger partial charge in [0.1, 0.15) is 0 Å². The van der Waals surface area contributed by atoms with Crippen LogP contribution in [0.3, 0.4) is 0 Å². The first-order valence-electron chi connectivity index (χ1n) is 6.76. The molecular weight excluding hydrogens is 288 g/mol. The number of amides is 1. The highest BCUT2D eigenvalue weighted by molar-refractivity contribution is 5.95. The fraction of sp³-hybridized carbons (Fsp3) is 0.286. The molecule has 1 aromatic heterocycles. The van der Waals surface area contributed by atoms with Gasteiger partial charge in [0.25, 0.3) is 5.91 Å². The lowest BCUT2D eigenvalue weighted by Crippen LogP contribution is -2.52. The van der Waals surface area contributed by atoms with E-state index < -0.39 is 17.9 Å². The van der Waals surface area contributed by atoms with E-state index in [2.05, 4.69) is 10.3 Å². The Bertz CT molecular complexity index is 685. The van der Waals surface area contributed by atoms with Gasteiger partial charge in [0.15, 0.2) is 11.7 Å². The predicted octanol–water partition coefficient (Wildman–Crippen LogP) is 0.193. The Morgan fingerprint density at radius 1 is 1.27 bits per heavy atom. The van der Waals surface area contributed by atoms with Crippen LogP contribution in [0.4, 0.5) is 0 Å². The number of ether oxygens (including phenoxy) is 1. The Balaban J connectivity index is 1.83. The van der Waals surface area contributed by atoms with E-state index in [9.17, 15) is 14.7 Å². The van der Waals surface area contributed by atoms with E-state index in [0.29, 0.717) is 6.61 Å². The van der Waals surface area contributed by atoms with Crippen LogP contribution in [0.15, 0.2) is 36.5 Å². The summed E-state index contributed by atoms with van der Waals surface area (Å²) in [5.41, 5.74) is 0.878. The van der Waals surface area contributed by atoms with Crippen LogP contribution < -0.4 is 0 Å². The Kier molecular flexibility index (Phi) is 3.84. The smallest absolute Gasteiger partial charge is 0.328 e. The first-order chi connectivity index (χ1) is 10.7. The number of para-hydroxylation sites is 1. The van der Waals surface area contributed by atoms with Gasteiger partial charge >= 0.3 is 5.97 Å². The number of hydrogen-bond donors (Lipinski definition) is 1. The van der Waals surface area contributed by atoms with Crippen molar-refractivity contribution in [2.24, 2.45) is 0 Å². The largest absolute Gasteiger partial charge is 0.480 e. The van der Waals surface area contributed by atoms with Gasteiger partial charge in [0, 0.05) is 6.54 Å². The van der Waals surface area contributed by atoms with Crippen molar-refractivity contribution < 1.29 is 19.4 Å². The van der Waals surface area contributed by atoms with Gasteiger partial charge in [-0.15, -0.1) is 5.10 Å². The maximum absolute atomic E-state index is 12.5. The third-order valence-electron chi connectivity index (χ3n) is 3.41. The first kappa shape index (κ1) is 14.2. The van der Waals surface area contributed by atoms with Crippen LogP contribution in [0.1, 0.15) is 10.5 Å². The number of morpholine rings is 1. The number of carboxylic acid groups (broad SMARTS) is 1. The summed E-state index contributed by atoms with van der Waals surface area (Å²) in [6.07, 6.45) is 1.49. The molecule has 1 amide bonds. The molecule has 114 valence electrons. The number of carbonyl (C=O) groups is 2. The molecule has 1 unspecified atom stereocenters. The zero-order valence-electron chi connectivity index (χ0n) is 11.6. The summed E-state index contributed by atoms with van der Waals surface area (Å²) in [6, 6.07) is 8.23. The lowest BCUT2D eigenvalue weighted by Gasteiger charge is -2.32. The van der Waals surface area contributed by atoms with Crippen molar-refractivity contribution in [3.8, 4) is 5.69 Å². The molecule has 2 heterocycles. The van der Waals surface area contributed by atoms with Gasteiger partial charge in [0.2, 0.25) is 0 Å². The van der Waals surface area contributed by atoms with Crippen LogP contribution in [0.2, 0.25) is 0 Å². The average Bonchev–Trinajstić information content (AvgIpc) is 3.05. The molecule has 22 heavy (non-hydrogen) atoms. The molecule has 1 fully saturated rings. The quantitative estimate of drug-likeness (QED) is 0.869. The topological polar surface area (TPSA) is 97.6 Å². The van der Waals surface area contributed by atoms with Crippen LogP contribution >= 0.6 is 0 Å². The molecule has 2 aromatic rings. The summed E-state index contributed by atoms with van der Waals surface area (Å²) in [5.74, 6) is -1.55. The van der Waals surface area contributed by atoms with Crippen molar-refractivity contribution in [1.29, 1.82) is 0 Å². The molecule has 1 aliphatic heterocycles. The molecule has 8 heteroatoms. The molecule has 1 saturated heterocycles. The molecule has 0 radical (unpaired) electrons. The number of aliphatic carboxylic acids is 1. The Morgan fingerprint density at radius 2 is 2.05 bits per heavy atom. The lowest BCUT2D eigenvalue weighted by molar-refractivity contribution is -0.147. The van der Waals surface area contributed by atoms with Crippen molar-refractivity contribution in [1.82, 2.24) is 19.9 Å². The van der Waals surface area contributed by atoms with Gasteiger partial charge < -0.3 is 14.7 Å². The van der Waals surface area contributed by atoms with Gasteiger partial charge in [-0.3, -0.25) is 4.79 Å². The van der Waals surface area contributed by atoms with Crippen molar-refractivity contribution >= 4 is 11.9 Å². The zero-order chi connectivity index (χ0) is 15.5.